The van der Waals surface area contributed by atoms with E-state index in [0.29, 0.717) is 22.3 Å². The van der Waals surface area contributed by atoms with E-state index in [1.807, 2.05) is 0 Å². The number of ether oxygens (including phenoxy) is 1. The highest BCUT2D eigenvalue weighted by Crippen LogP contribution is 2.27. The van der Waals surface area contributed by atoms with Gasteiger partial charge in [-0.25, -0.2) is 8.78 Å². The molecule has 23 heavy (non-hydrogen) atoms. The summed E-state index contributed by atoms with van der Waals surface area (Å²) in [7, 11) is 0. The van der Waals surface area contributed by atoms with Gasteiger partial charge in [-0.05, 0) is 44.1 Å². The number of hydrogen-bond donors (Lipinski definition) is 0. The summed E-state index contributed by atoms with van der Waals surface area (Å²) in [4.78, 5) is 11.3. The van der Waals surface area contributed by atoms with Crippen molar-refractivity contribution >= 4 is 11.5 Å². The number of hydrogen-bond acceptors (Lipinski definition) is 2. The van der Waals surface area contributed by atoms with E-state index in [2.05, 4.69) is 6.58 Å². The van der Waals surface area contributed by atoms with Crippen LogP contribution in [-0.2, 0) is 9.53 Å². The van der Waals surface area contributed by atoms with Crippen molar-refractivity contribution in [3.63, 3.8) is 0 Å². The minimum absolute atomic E-state index is 0.0488. The van der Waals surface area contributed by atoms with Gasteiger partial charge in [0.25, 0.3) is 0 Å². The fourth-order valence-electron chi connectivity index (χ4n) is 2.14. The van der Waals surface area contributed by atoms with E-state index in [1.165, 1.54) is 12.1 Å². The van der Waals surface area contributed by atoms with E-state index in [1.54, 1.807) is 39.0 Å². The molecule has 0 aliphatic carbocycles. The molecule has 1 rings (SSSR count). The quantitative estimate of drug-likeness (QED) is 0.504. The number of halogens is 2. The summed E-state index contributed by atoms with van der Waals surface area (Å²) in [6.45, 7) is 9.23. The normalized spacial score (nSPS) is 12.2. The smallest absolute Gasteiger partial charge is 0.306 e. The van der Waals surface area contributed by atoms with Crippen LogP contribution in [0.15, 0.2) is 48.3 Å². The van der Waals surface area contributed by atoms with Crippen LogP contribution in [-0.4, -0.2) is 12.6 Å². The Balaban J connectivity index is 3.07. The first-order valence-corrected chi connectivity index (χ1v) is 7.49. The molecule has 0 heterocycles. The van der Waals surface area contributed by atoms with E-state index in [-0.39, 0.29) is 19.4 Å². The summed E-state index contributed by atoms with van der Waals surface area (Å²) in [5, 5.41) is 0. The van der Waals surface area contributed by atoms with Crippen LogP contribution in [0.4, 0.5) is 8.78 Å². The Hall–Kier alpha value is -2.23. The average molecular weight is 320 g/mol. The first-order chi connectivity index (χ1) is 10.8. The van der Waals surface area contributed by atoms with Gasteiger partial charge in [0.15, 0.2) is 0 Å². The molecular weight excluding hydrogens is 298 g/mol. The molecule has 0 atom stereocenters. The Labute approximate surface area is 136 Å². The summed E-state index contributed by atoms with van der Waals surface area (Å²) >= 11 is 0. The lowest BCUT2D eigenvalue weighted by molar-refractivity contribution is -0.143. The maximum atomic E-state index is 14.1. The lowest BCUT2D eigenvalue weighted by atomic mass is 9.97. The lowest BCUT2D eigenvalue weighted by Crippen LogP contribution is -2.03. The van der Waals surface area contributed by atoms with Gasteiger partial charge in [0.2, 0.25) is 0 Å². The molecule has 0 aliphatic rings. The largest absolute Gasteiger partial charge is 0.466 e. The highest BCUT2D eigenvalue weighted by Gasteiger charge is 2.11. The summed E-state index contributed by atoms with van der Waals surface area (Å²) < 4.78 is 33.0. The van der Waals surface area contributed by atoms with Crippen LogP contribution in [0.3, 0.4) is 0 Å². The predicted molar refractivity (Wildman–Crippen MR) is 89.0 cm³/mol. The standard InChI is InChI=1S/C19H22F2O2/c1-5-23-18(22)10-9-16(20)12-15(11-13(2)3)19-14(4)7-6-8-17(19)21/h6-8,11-12H,2,5,9-10H2,1,3-4H3/b15-11+,16-12-. The number of carbonyl (C=O) groups excluding carboxylic acids is 1. The van der Waals surface area contributed by atoms with Crippen LogP contribution in [0.5, 0.6) is 0 Å². The van der Waals surface area contributed by atoms with Crippen molar-refractivity contribution in [2.75, 3.05) is 6.61 Å². The highest BCUT2D eigenvalue weighted by atomic mass is 19.1. The third-order valence-electron chi connectivity index (χ3n) is 3.10. The Morgan fingerprint density at radius 3 is 2.57 bits per heavy atom. The Morgan fingerprint density at radius 1 is 1.30 bits per heavy atom. The zero-order valence-electron chi connectivity index (χ0n) is 13.8. The first-order valence-electron chi connectivity index (χ1n) is 7.49. The SMILES string of the molecule is C=C(C)/C=C(\C=C(/F)CCC(=O)OCC)c1c(C)cccc1F. The Kier molecular flexibility index (Phi) is 7.39. The van der Waals surface area contributed by atoms with Crippen molar-refractivity contribution < 1.29 is 18.3 Å². The van der Waals surface area contributed by atoms with Crippen LogP contribution in [0.2, 0.25) is 0 Å². The fourth-order valence-corrected chi connectivity index (χ4v) is 2.14. The van der Waals surface area contributed by atoms with Gasteiger partial charge in [-0.1, -0.05) is 30.4 Å². The van der Waals surface area contributed by atoms with E-state index in [0.717, 1.165) is 0 Å². The van der Waals surface area contributed by atoms with Gasteiger partial charge in [0, 0.05) is 12.0 Å². The summed E-state index contributed by atoms with van der Waals surface area (Å²) in [6.07, 6.45) is 2.74. The first kappa shape index (κ1) is 18.8. The molecule has 0 aromatic heterocycles. The molecule has 0 radical (unpaired) electrons. The van der Waals surface area contributed by atoms with Gasteiger partial charge in [-0.2, -0.15) is 0 Å². The number of allylic oxidation sites excluding steroid dienone is 5. The van der Waals surface area contributed by atoms with Crippen molar-refractivity contribution in [3.05, 3.63) is 65.3 Å². The summed E-state index contributed by atoms with van der Waals surface area (Å²) in [5.74, 6) is -1.39. The second-order valence-electron chi connectivity index (χ2n) is 5.27. The number of benzene rings is 1. The van der Waals surface area contributed by atoms with Gasteiger partial charge in [-0.3, -0.25) is 4.79 Å². The van der Waals surface area contributed by atoms with Crippen molar-refractivity contribution in [2.24, 2.45) is 0 Å². The number of carbonyl (C=O) groups is 1. The predicted octanol–water partition coefficient (Wildman–Crippen LogP) is 5.29. The molecule has 0 bridgehead atoms. The Morgan fingerprint density at radius 2 is 2.00 bits per heavy atom. The van der Waals surface area contributed by atoms with Crippen LogP contribution < -0.4 is 0 Å². The van der Waals surface area contributed by atoms with Crippen molar-refractivity contribution in [1.82, 2.24) is 0 Å². The molecule has 1 aromatic rings. The molecule has 2 nitrogen and oxygen atoms in total. The minimum atomic E-state index is -0.506. The molecular formula is C19H22F2O2. The van der Waals surface area contributed by atoms with Gasteiger partial charge < -0.3 is 4.74 Å². The fraction of sp³-hybridized carbons (Fsp3) is 0.316. The molecule has 0 aliphatic heterocycles. The zero-order valence-corrected chi connectivity index (χ0v) is 13.8. The van der Waals surface area contributed by atoms with Crippen molar-refractivity contribution in [1.29, 1.82) is 0 Å². The summed E-state index contributed by atoms with van der Waals surface area (Å²) in [5.41, 5.74) is 2.11. The topological polar surface area (TPSA) is 26.3 Å². The maximum Gasteiger partial charge on any atom is 0.306 e. The molecule has 0 fully saturated rings. The number of rotatable bonds is 7. The summed E-state index contributed by atoms with van der Waals surface area (Å²) in [6, 6.07) is 4.70. The van der Waals surface area contributed by atoms with Gasteiger partial charge in [0.1, 0.15) is 11.6 Å². The molecule has 0 amide bonds. The molecule has 0 N–H and O–H groups in total. The zero-order chi connectivity index (χ0) is 17.4. The third kappa shape index (κ3) is 6.19. The molecule has 4 heteroatoms. The van der Waals surface area contributed by atoms with E-state index in [9.17, 15) is 13.6 Å². The van der Waals surface area contributed by atoms with Gasteiger partial charge in [-0.15, -0.1) is 0 Å². The Bertz CT molecular complexity index is 623. The average Bonchev–Trinajstić information content (AvgIpc) is 2.44. The van der Waals surface area contributed by atoms with Crippen LogP contribution in [0.1, 0.15) is 37.8 Å². The van der Waals surface area contributed by atoms with E-state index >= 15 is 0 Å². The molecule has 0 saturated heterocycles. The molecule has 0 unspecified atom stereocenters. The molecule has 0 saturated carbocycles. The van der Waals surface area contributed by atoms with Gasteiger partial charge in [0.05, 0.1) is 13.0 Å². The monoisotopic (exact) mass is 320 g/mol. The van der Waals surface area contributed by atoms with E-state index in [4.69, 9.17) is 4.74 Å². The van der Waals surface area contributed by atoms with Crippen LogP contribution in [0, 0.1) is 12.7 Å². The second-order valence-corrected chi connectivity index (χ2v) is 5.27. The maximum absolute atomic E-state index is 14.1. The molecule has 1 aromatic carbocycles. The van der Waals surface area contributed by atoms with E-state index < -0.39 is 17.6 Å². The highest BCUT2D eigenvalue weighted by molar-refractivity contribution is 5.78. The van der Waals surface area contributed by atoms with Crippen molar-refractivity contribution in [3.8, 4) is 0 Å². The second kappa shape index (κ2) is 9.03. The number of esters is 1. The van der Waals surface area contributed by atoms with Gasteiger partial charge >= 0.3 is 5.97 Å². The lowest BCUT2D eigenvalue weighted by Gasteiger charge is -2.10. The third-order valence-corrected chi connectivity index (χ3v) is 3.10. The molecule has 124 valence electrons. The number of aryl methyl sites for hydroxylation is 1. The minimum Gasteiger partial charge on any atom is -0.466 e. The van der Waals surface area contributed by atoms with Crippen molar-refractivity contribution in [2.45, 2.75) is 33.6 Å². The van der Waals surface area contributed by atoms with Crippen LogP contribution in [0.25, 0.3) is 5.57 Å². The van der Waals surface area contributed by atoms with Crippen LogP contribution >= 0.6 is 0 Å². The molecule has 0 spiro atoms.